The normalized spacial score (nSPS) is 12.7. The van der Waals surface area contributed by atoms with Gasteiger partial charge < -0.3 is 14.8 Å². The van der Waals surface area contributed by atoms with E-state index in [0.29, 0.717) is 18.5 Å². The molecule has 0 amide bonds. The van der Waals surface area contributed by atoms with Crippen molar-refractivity contribution in [2.75, 3.05) is 0 Å². The smallest absolute Gasteiger partial charge is 0.373 e. The number of carboxylic acids is 1. The number of nitrogens with zero attached hydrogens (tertiary/aromatic N) is 1. The molecule has 0 spiro atoms. The summed E-state index contributed by atoms with van der Waals surface area (Å²) in [6.45, 7) is 4.57. The zero-order valence-electron chi connectivity index (χ0n) is 8.28. The first kappa shape index (κ1) is 10.7. The topological polar surface area (TPSA) is 75.4 Å². The van der Waals surface area contributed by atoms with E-state index in [0.717, 1.165) is 6.42 Å². The SMILES string of the molecule is CCC(C)NCc1ncc(C(=O)O)o1. The van der Waals surface area contributed by atoms with E-state index >= 15 is 0 Å². The maximum absolute atomic E-state index is 10.5. The molecule has 14 heavy (non-hydrogen) atoms. The zero-order valence-corrected chi connectivity index (χ0v) is 8.28. The van der Waals surface area contributed by atoms with E-state index in [9.17, 15) is 4.79 Å². The Bertz CT molecular complexity index is 309. The van der Waals surface area contributed by atoms with Gasteiger partial charge in [0.25, 0.3) is 0 Å². The lowest BCUT2D eigenvalue weighted by Crippen LogP contribution is -2.24. The van der Waals surface area contributed by atoms with E-state index in [1.54, 1.807) is 0 Å². The van der Waals surface area contributed by atoms with Crippen molar-refractivity contribution < 1.29 is 14.3 Å². The van der Waals surface area contributed by atoms with Gasteiger partial charge in [0.2, 0.25) is 11.7 Å². The number of aromatic nitrogens is 1. The molecule has 1 aromatic rings. The molecule has 5 nitrogen and oxygen atoms in total. The molecule has 0 aliphatic carbocycles. The average molecular weight is 198 g/mol. The van der Waals surface area contributed by atoms with Crippen molar-refractivity contribution in [3.05, 3.63) is 17.8 Å². The molecular formula is C9H14N2O3. The van der Waals surface area contributed by atoms with Crippen LogP contribution in [0.1, 0.15) is 36.7 Å². The van der Waals surface area contributed by atoms with E-state index in [-0.39, 0.29) is 5.76 Å². The molecule has 0 saturated carbocycles. The largest absolute Gasteiger partial charge is 0.475 e. The lowest BCUT2D eigenvalue weighted by atomic mass is 10.3. The zero-order chi connectivity index (χ0) is 10.6. The van der Waals surface area contributed by atoms with Crippen LogP contribution in [0.5, 0.6) is 0 Å². The molecule has 0 aliphatic heterocycles. The molecule has 5 heteroatoms. The third kappa shape index (κ3) is 2.85. The third-order valence-corrected chi connectivity index (χ3v) is 1.98. The second-order valence-corrected chi connectivity index (χ2v) is 3.11. The molecule has 1 atom stereocenters. The molecule has 0 bridgehead atoms. The van der Waals surface area contributed by atoms with Gasteiger partial charge in [-0.1, -0.05) is 6.92 Å². The molecule has 1 unspecified atom stereocenters. The van der Waals surface area contributed by atoms with Crippen molar-refractivity contribution in [2.45, 2.75) is 32.9 Å². The first-order valence-corrected chi connectivity index (χ1v) is 4.54. The van der Waals surface area contributed by atoms with Crippen LogP contribution in [0, 0.1) is 0 Å². The fourth-order valence-corrected chi connectivity index (χ4v) is 0.897. The van der Waals surface area contributed by atoms with Crippen LogP contribution >= 0.6 is 0 Å². The summed E-state index contributed by atoms with van der Waals surface area (Å²) in [5, 5.41) is 11.7. The fourth-order valence-electron chi connectivity index (χ4n) is 0.897. The summed E-state index contributed by atoms with van der Waals surface area (Å²) in [6, 6.07) is 0.371. The highest BCUT2D eigenvalue weighted by molar-refractivity contribution is 5.83. The molecule has 0 saturated heterocycles. The van der Waals surface area contributed by atoms with Crippen molar-refractivity contribution >= 4 is 5.97 Å². The van der Waals surface area contributed by atoms with Crippen LogP contribution in [0.15, 0.2) is 10.6 Å². The van der Waals surface area contributed by atoms with Gasteiger partial charge in [0.15, 0.2) is 0 Å². The molecule has 1 aromatic heterocycles. The molecule has 78 valence electrons. The summed E-state index contributed by atoms with van der Waals surface area (Å²) in [7, 11) is 0. The monoisotopic (exact) mass is 198 g/mol. The van der Waals surface area contributed by atoms with Crippen LogP contribution < -0.4 is 5.32 Å². The van der Waals surface area contributed by atoms with E-state index in [2.05, 4.69) is 17.2 Å². The Hall–Kier alpha value is -1.36. The van der Waals surface area contributed by atoms with Gasteiger partial charge >= 0.3 is 5.97 Å². The Morgan fingerprint density at radius 3 is 3.00 bits per heavy atom. The number of nitrogens with one attached hydrogen (secondary N) is 1. The third-order valence-electron chi connectivity index (χ3n) is 1.98. The molecule has 1 rings (SSSR count). The molecule has 0 aliphatic rings. The van der Waals surface area contributed by atoms with Gasteiger partial charge in [0, 0.05) is 6.04 Å². The predicted octanol–water partition coefficient (Wildman–Crippen LogP) is 1.26. The Balaban J connectivity index is 2.48. The van der Waals surface area contributed by atoms with Gasteiger partial charge in [-0.15, -0.1) is 0 Å². The number of hydrogen-bond acceptors (Lipinski definition) is 4. The van der Waals surface area contributed by atoms with E-state index in [4.69, 9.17) is 9.52 Å². The average Bonchev–Trinajstić information content (AvgIpc) is 2.62. The van der Waals surface area contributed by atoms with E-state index < -0.39 is 5.97 Å². The quantitative estimate of drug-likeness (QED) is 0.745. The summed E-state index contributed by atoms with van der Waals surface area (Å²) in [5.41, 5.74) is 0. The van der Waals surface area contributed by atoms with E-state index in [1.807, 2.05) is 6.92 Å². The number of carbonyl (C=O) groups is 1. The summed E-state index contributed by atoms with van der Waals surface area (Å²) in [5.74, 6) is -0.805. The molecule has 2 N–H and O–H groups in total. The molecular weight excluding hydrogens is 184 g/mol. The maximum atomic E-state index is 10.5. The Labute approximate surface area is 82.1 Å². The minimum atomic E-state index is -1.09. The standard InChI is InChI=1S/C9H14N2O3/c1-3-6(2)10-5-8-11-4-7(14-8)9(12)13/h4,6,10H,3,5H2,1-2H3,(H,12,13). The van der Waals surface area contributed by atoms with Gasteiger partial charge in [0.05, 0.1) is 12.7 Å². The summed E-state index contributed by atoms with van der Waals surface area (Å²) >= 11 is 0. The minimum absolute atomic E-state index is 0.119. The molecule has 1 heterocycles. The highest BCUT2D eigenvalue weighted by atomic mass is 16.4. The highest BCUT2D eigenvalue weighted by Crippen LogP contribution is 2.03. The van der Waals surface area contributed by atoms with Gasteiger partial charge in [-0.05, 0) is 13.3 Å². The number of carboxylic acid groups (broad SMARTS) is 1. The van der Waals surface area contributed by atoms with Crippen LogP contribution in [0.4, 0.5) is 0 Å². The van der Waals surface area contributed by atoms with Gasteiger partial charge in [-0.25, -0.2) is 9.78 Å². The van der Waals surface area contributed by atoms with Crippen LogP contribution in [-0.4, -0.2) is 22.1 Å². The number of oxazole rings is 1. The van der Waals surface area contributed by atoms with Gasteiger partial charge in [-0.2, -0.15) is 0 Å². The van der Waals surface area contributed by atoms with Crippen molar-refractivity contribution in [3.63, 3.8) is 0 Å². The van der Waals surface area contributed by atoms with Gasteiger partial charge in [0.1, 0.15) is 0 Å². The second-order valence-electron chi connectivity index (χ2n) is 3.11. The lowest BCUT2D eigenvalue weighted by Gasteiger charge is -2.07. The minimum Gasteiger partial charge on any atom is -0.475 e. The van der Waals surface area contributed by atoms with Crippen LogP contribution in [0.2, 0.25) is 0 Å². The van der Waals surface area contributed by atoms with E-state index in [1.165, 1.54) is 6.20 Å². The summed E-state index contributed by atoms with van der Waals surface area (Å²) < 4.78 is 4.97. The van der Waals surface area contributed by atoms with Crippen molar-refractivity contribution in [2.24, 2.45) is 0 Å². The van der Waals surface area contributed by atoms with Crippen LogP contribution in [-0.2, 0) is 6.54 Å². The fraction of sp³-hybridized carbons (Fsp3) is 0.556. The highest BCUT2D eigenvalue weighted by Gasteiger charge is 2.10. The van der Waals surface area contributed by atoms with Crippen LogP contribution in [0.3, 0.4) is 0 Å². The van der Waals surface area contributed by atoms with Gasteiger partial charge in [-0.3, -0.25) is 0 Å². The molecule has 0 fully saturated rings. The number of aromatic carboxylic acids is 1. The predicted molar refractivity (Wildman–Crippen MR) is 50.1 cm³/mol. The van der Waals surface area contributed by atoms with Crippen LogP contribution in [0.25, 0.3) is 0 Å². The Kier molecular flexibility index (Phi) is 3.64. The number of rotatable bonds is 5. The summed E-state index contributed by atoms with van der Waals surface area (Å²) in [6.07, 6.45) is 2.22. The lowest BCUT2D eigenvalue weighted by molar-refractivity contribution is 0.0660. The Morgan fingerprint density at radius 1 is 1.79 bits per heavy atom. The maximum Gasteiger partial charge on any atom is 0.373 e. The first-order chi connectivity index (χ1) is 6.63. The number of hydrogen-bond donors (Lipinski definition) is 2. The van der Waals surface area contributed by atoms with Crippen molar-refractivity contribution in [1.29, 1.82) is 0 Å². The summed E-state index contributed by atoms with van der Waals surface area (Å²) in [4.78, 5) is 14.3. The first-order valence-electron chi connectivity index (χ1n) is 4.54. The molecule has 0 radical (unpaired) electrons. The van der Waals surface area contributed by atoms with Crippen molar-refractivity contribution in [1.82, 2.24) is 10.3 Å². The van der Waals surface area contributed by atoms with Crippen molar-refractivity contribution in [3.8, 4) is 0 Å². The molecule has 0 aromatic carbocycles. The Morgan fingerprint density at radius 2 is 2.50 bits per heavy atom. The second kappa shape index (κ2) is 4.76.